The van der Waals surface area contributed by atoms with Crippen LogP contribution in [0.2, 0.25) is 0 Å². The Labute approximate surface area is 130 Å². The van der Waals surface area contributed by atoms with Gasteiger partial charge in [-0.05, 0) is 66.0 Å². The summed E-state index contributed by atoms with van der Waals surface area (Å²) in [7, 11) is 0. The fourth-order valence-electron chi connectivity index (χ4n) is 2.76. The summed E-state index contributed by atoms with van der Waals surface area (Å²) in [5.74, 6) is 1.10. The molecule has 1 aromatic heterocycles. The van der Waals surface area contributed by atoms with E-state index in [1.165, 1.54) is 40.5 Å². The van der Waals surface area contributed by atoms with Crippen LogP contribution in [0.1, 0.15) is 43.7 Å². The van der Waals surface area contributed by atoms with Crippen molar-refractivity contribution in [3.63, 3.8) is 0 Å². The number of carbonyl (C=O) groups is 1. The molecule has 2 aromatic rings. The molecule has 1 aliphatic rings. The fourth-order valence-corrected chi connectivity index (χ4v) is 3.73. The Balaban J connectivity index is 1.65. The average Bonchev–Trinajstić information content (AvgIpc) is 3.19. The van der Waals surface area contributed by atoms with Gasteiger partial charge in [0.2, 0.25) is 5.91 Å². The molecule has 1 fully saturated rings. The second kappa shape index (κ2) is 6.61. The summed E-state index contributed by atoms with van der Waals surface area (Å²) < 4.78 is 1.37. The summed E-state index contributed by atoms with van der Waals surface area (Å²) in [6.45, 7) is 2.78. The molecule has 0 saturated heterocycles. The average molecular weight is 301 g/mol. The number of rotatable bonds is 7. The molecule has 0 spiro atoms. The zero-order valence-electron chi connectivity index (χ0n) is 12.7. The first-order valence-corrected chi connectivity index (χ1v) is 8.90. The molecule has 112 valence electrons. The Hall–Kier alpha value is -1.35. The lowest BCUT2D eigenvalue weighted by molar-refractivity contribution is -0.121. The predicted octanol–water partition coefficient (Wildman–Crippen LogP) is 4.31. The molecule has 1 heterocycles. The first-order chi connectivity index (χ1) is 10.3. The molecule has 0 aliphatic heterocycles. The summed E-state index contributed by atoms with van der Waals surface area (Å²) >= 11 is 1.81. The van der Waals surface area contributed by atoms with Gasteiger partial charge in [-0.15, -0.1) is 11.3 Å². The highest BCUT2D eigenvalue weighted by atomic mass is 32.1. The lowest BCUT2D eigenvalue weighted by Gasteiger charge is -2.05. The third-order valence-corrected chi connectivity index (χ3v) is 5.15. The third-order valence-electron chi connectivity index (χ3n) is 4.13. The van der Waals surface area contributed by atoms with Gasteiger partial charge in [0.1, 0.15) is 0 Å². The maximum atomic E-state index is 11.5. The Bertz CT molecular complexity index is 627. The van der Waals surface area contributed by atoms with Crippen LogP contribution in [0.4, 0.5) is 0 Å². The van der Waals surface area contributed by atoms with Gasteiger partial charge in [-0.2, -0.15) is 0 Å². The van der Waals surface area contributed by atoms with Crippen molar-refractivity contribution in [3.8, 4) is 0 Å². The van der Waals surface area contributed by atoms with Crippen LogP contribution in [0.25, 0.3) is 10.1 Å². The van der Waals surface area contributed by atoms with Crippen molar-refractivity contribution >= 4 is 27.3 Å². The van der Waals surface area contributed by atoms with Crippen molar-refractivity contribution in [1.29, 1.82) is 0 Å². The summed E-state index contributed by atoms with van der Waals surface area (Å²) in [5.41, 5.74) is 2.85. The maximum absolute atomic E-state index is 11.5. The van der Waals surface area contributed by atoms with Crippen LogP contribution in [0.5, 0.6) is 0 Å². The molecule has 1 saturated carbocycles. The second-order valence-electron chi connectivity index (χ2n) is 6.09. The number of benzene rings is 1. The minimum Gasteiger partial charge on any atom is -0.356 e. The molecule has 0 unspecified atom stereocenters. The predicted molar refractivity (Wildman–Crippen MR) is 89.9 cm³/mol. The van der Waals surface area contributed by atoms with Gasteiger partial charge in [0.25, 0.3) is 0 Å². The standard InChI is InChI=1S/C18H23NOS/c1-2-3-18(20)19-9-8-15-12-21-17-7-6-14(11-16(15)17)10-13-4-5-13/h6-7,11-13H,2-5,8-10H2,1H3,(H,19,20). The minimum absolute atomic E-state index is 0.173. The van der Waals surface area contributed by atoms with E-state index in [4.69, 9.17) is 0 Å². The Kier molecular flexibility index (Phi) is 4.59. The summed E-state index contributed by atoms with van der Waals surface area (Å²) in [4.78, 5) is 11.5. The molecular formula is C18H23NOS. The SMILES string of the molecule is CCCC(=O)NCCc1csc2ccc(CC3CC3)cc12. The first kappa shape index (κ1) is 14.6. The van der Waals surface area contributed by atoms with E-state index in [2.05, 4.69) is 28.9 Å². The van der Waals surface area contributed by atoms with Crippen LogP contribution >= 0.6 is 11.3 Å². The van der Waals surface area contributed by atoms with E-state index in [9.17, 15) is 4.79 Å². The highest BCUT2D eigenvalue weighted by Crippen LogP contribution is 2.34. The number of fused-ring (bicyclic) bond motifs is 1. The van der Waals surface area contributed by atoms with Crippen molar-refractivity contribution in [3.05, 3.63) is 34.7 Å². The molecule has 1 N–H and O–H groups in total. The van der Waals surface area contributed by atoms with Gasteiger partial charge in [-0.25, -0.2) is 0 Å². The third kappa shape index (κ3) is 3.85. The van der Waals surface area contributed by atoms with Crippen LogP contribution in [-0.4, -0.2) is 12.5 Å². The quantitative estimate of drug-likeness (QED) is 0.811. The zero-order valence-corrected chi connectivity index (χ0v) is 13.5. The van der Waals surface area contributed by atoms with Crippen molar-refractivity contribution in [2.24, 2.45) is 5.92 Å². The molecule has 21 heavy (non-hydrogen) atoms. The van der Waals surface area contributed by atoms with Gasteiger partial charge in [-0.1, -0.05) is 19.1 Å². The number of nitrogens with one attached hydrogen (secondary N) is 1. The van der Waals surface area contributed by atoms with E-state index in [1.54, 1.807) is 0 Å². The molecule has 2 nitrogen and oxygen atoms in total. The monoisotopic (exact) mass is 301 g/mol. The molecule has 1 aliphatic carbocycles. The second-order valence-corrected chi connectivity index (χ2v) is 7.00. The molecule has 3 rings (SSSR count). The molecule has 0 bridgehead atoms. The number of amides is 1. The summed E-state index contributed by atoms with van der Waals surface area (Å²) in [6.07, 6.45) is 6.52. The van der Waals surface area contributed by atoms with E-state index >= 15 is 0 Å². The highest BCUT2D eigenvalue weighted by Gasteiger charge is 2.21. The maximum Gasteiger partial charge on any atom is 0.219 e. The fraction of sp³-hybridized carbons (Fsp3) is 0.500. The largest absolute Gasteiger partial charge is 0.356 e. The Morgan fingerprint density at radius 2 is 2.24 bits per heavy atom. The van der Waals surface area contributed by atoms with Crippen LogP contribution in [0.3, 0.4) is 0 Å². The van der Waals surface area contributed by atoms with E-state index in [0.717, 1.165) is 25.3 Å². The molecule has 1 aromatic carbocycles. The van der Waals surface area contributed by atoms with Gasteiger partial charge in [0.05, 0.1) is 0 Å². The van der Waals surface area contributed by atoms with Gasteiger partial charge in [-0.3, -0.25) is 4.79 Å². The van der Waals surface area contributed by atoms with Crippen LogP contribution in [-0.2, 0) is 17.6 Å². The van der Waals surface area contributed by atoms with Gasteiger partial charge >= 0.3 is 0 Å². The van der Waals surface area contributed by atoms with Crippen molar-refractivity contribution in [2.75, 3.05) is 6.54 Å². The van der Waals surface area contributed by atoms with Gasteiger partial charge in [0, 0.05) is 17.7 Å². The smallest absolute Gasteiger partial charge is 0.219 e. The lowest BCUT2D eigenvalue weighted by atomic mass is 10.0. The highest BCUT2D eigenvalue weighted by molar-refractivity contribution is 7.17. The molecule has 0 atom stereocenters. The van der Waals surface area contributed by atoms with E-state index in [0.29, 0.717) is 6.42 Å². The first-order valence-electron chi connectivity index (χ1n) is 8.02. The van der Waals surface area contributed by atoms with Crippen LogP contribution in [0, 0.1) is 5.92 Å². The van der Waals surface area contributed by atoms with Crippen molar-refractivity contribution in [1.82, 2.24) is 5.32 Å². The van der Waals surface area contributed by atoms with Gasteiger partial charge < -0.3 is 5.32 Å². The lowest BCUT2D eigenvalue weighted by Crippen LogP contribution is -2.25. The van der Waals surface area contributed by atoms with Crippen LogP contribution in [0.15, 0.2) is 23.6 Å². The van der Waals surface area contributed by atoms with E-state index in [1.807, 2.05) is 18.3 Å². The molecule has 1 amide bonds. The zero-order chi connectivity index (χ0) is 14.7. The number of hydrogen-bond acceptors (Lipinski definition) is 2. The van der Waals surface area contributed by atoms with Crippen molar-refractivity contribution < 1.29 is 4.79 Å². The molecule has 3 heteroatoms. The van der Waals surface area contributed by atoms with E-state index in [-0.39, 0.29) is 5.91 Å². The Morgan fingerprint density at radius 1 is 1.38 bits per heavy atom. The van der Waals surface area contributed by atoms with E-state index < -0.39 is 0 Å². The summed E-state index contributed by atoms with van der Waals surface area (Å²) in [5, 5.41) is 6.65. The normalized spacial score (nSPS) is 14.5. The molecular weight excluding hydrogens is 278 g/mol. The minimum atomic E-state index is 0.173. The Morgan fingerprint density at radius 3 is 3.00 bits per heavy atom. The van der Waals surface area contributed by atoms with Crippen molar-refractivity contribution in [2.45, 2.75) is 45.4 Å². The molecule has 0 radical (unpaired) electrons. The van der Waals surface area contributed by atoms with Gasteiger partial charge in [0.15, 0.2) is 0 Å². The number of hydrogen-bond donors (Lipinski definition) is 1. The topological polar surface area (TPSA) is 29.1 Å². The number of thiophene rings is 1. The van der Waals surface area contributed by atoms with Crippen LogP contribution < -0.4 is 5.32 Å². The number of carbonyl (C=O) groups excluding carboxylic acids is 1. The summed E-state index contributed by atoms with van der Waals surface area (Å²) in [6, 6.07) is 6.91.